The van der Waals surface area contributed by atoms with Crippen molar-refractivity contribution in [1.29, 1.82) is 0 Å². The number of nitrogens with zero attached hydrogens (tertiary/aromatic N) is 2. The third kappa shape index (κ3) is 4.93. The fourth-order valence-corrected chi connectivity index (χ4v) is 9.24. The van der Waals surface area contributed by atoms with Crippen molar-refractivity contribution in [2.24, 2.45) is 39.7 Å². The standard InChI is InChI=1S/C33H44N2O4/c1-22(34-39-31(37)24-6-4-23(5-7-24)21-35-16-18-38-19-17-35)28-10-11-29-27-9-8-25-20-26(36)12-14-32(25,2)30(27)13-15-33(28,29)3/h4-7,20,27-30H,8-19,21H2,1-3H3/b34-22+/t27-,28+,29-,30-,32-,33+/m0/s1. The van der Waals surface area contributed by atoms with Crippen LogP contribution < -0.4 is 0 Å². The molecule has 4 fully saturated rings. The van der Waals surface area contributed by atoms with Gasteiger partial charge in [0, 0.05) is 32.0 Å². The van der Waals surface area contributed by atoms with Gasteiger partial charge in [-0.1, -0.05) is 36.7 Å². The zero-order chi connectivity index (χ0) is 27.2. The maximum atomic E-state index is 12.8. The normalized spacial score (nSPS) is 36.9. The summed E-state index contributed by atoms with van der Waals surface area (Å²) in [4.78, 5) is 32.8. The highest BCUT2D eigenvalue weighted by Crippen LogP contribution is 2.66. The molecule has 0 spiro atoms. The van der Waals surface area contributed by atoms with Gasteiger partial charge in [-0.05, 0) is 104 Å². The smallest absolute Gasteiger partial charge is 0.365 e. The number of hydrogen-bond donors (Lipinski definition) is 0. The molecule has 0 aromatic heterocycles. The number of carbonyl (C=O) groups excluding carboxylic acids is 2. The molecule has 0 radical (unpaired) electrons. The lowest BCUT2D eigenvalue weighted by atomic mass is 9.46. The molecule has 1 aliphatic heterocycles. The van der Waals surface area contributed by atoms with Gasteiger partial charge in [0.1, 0.15) is 0 Å². The molecule has 0 unspecified atom stereocenters. The lowest BCUT2D eigenvalue weighted by molar-refractivity contribution is -0.117. The van der Waals surface area contributed by atoms with E-state index in [9.17, 15) is 9.59 Å². The Labute approximate surface area is 233 Å². The predicted octanol–water partition coefficient (Wildman–Crippen LogP) is 6.20. The van der Waals surface area contributed by atoms with E-state index in [4.69, 9.17) is 9.57 Å². The highest BCUT2D eigenvalue weighted by molar-refractivity contribution is 5.92. The van der Waals surface area contributed by atoms with Crippen LogP contribution in [0.25, 0.3) is 0 Å². The molecule has 210 valence electrons. The molecule has 0 bridgehead atoms. The fourth-order valence-electron chi connectivity index (χ4n) is 9.24. The molecule has 3 saturated carbocycles. The average molecular weight is 533 g/mol. The number of ketones is 1. The monoisotopic (exact) mass is 532 g/mol. The number of benzene rings is 1. The number of carbonyl (C=O) groups is 2. The molecule has 1 saturated heterocycles. The van der Waals surface area contributed by atoms with E-state index < -0.39 is 0 Å². The minimum atomic E-state index is -0.387. The Morgan fingerprint density at radius 3 is 2.56 bits per heavy atom. The second kappa shape index (κ2) is 10.6. The molecule has 39 heavy (non-hydrogen) atoms. The van der Waals surface area contributed by atoms with E-state index in [2.05, 4.69) is 30.8 Å². The van der Waals surface area contributed by atoms with Gasteiger partial charge in [0.05, 0.1) is 24.5 Å². The van der Waals surface area contributed by atoms with Gasteiger partial charge in [-0.25, -0.2) is 4.79 Å². The largest absolute Gasteiger partial charge is 0.379 e. The minimum Gasteiger partial charge on any atom is -0.379 e. The predicted molar refractivity (Wildman–Crippen MR) is 151 cm³/mol. The molecule has 0 amide bonds. The van der Waals surface area contributed by atoms with E-state index in [0.717, 1.165) is 63.7 Å². The van der Waals surface area contributed by atoms with Gasteiger partial charge in [-0.3, -0.25) is 9.69 Å². The van der Waals surface area contributed by atoms with Gasteiger partial charge in [0.2, 0.25) is 0 Å². The van der Waals surface area contributed by atoms with E-state index in [1.54, 1.807) is 0 Å². The Bertz CT molecular complexity index is 1170. The van der Waals surface area contributed by atoms with Crippen molar-refractivity contribution >= 4 is 17.5 Å². The van der Waals surface area contributed by atoms with Crippen molar-refractivity contribution in [2.45, 2.75) is 78.7 Å². The van der Waals surface area contributed by atoms with Gasteiger partial charge >= 0.3 is 5.97 Å². The van der Waals surface area contributed by atoms with Crippen molar-refractivity contribution < 1.29 is 19.2 Å². The zero-order valence-electron chi connectivity index (χ0n) is 23.9. The number of ether oxygens (including phenoxy) is 1. The van der Waals surface area contributed by atoms with Crippen LogP contribution in [0, 0.1) is 34.5 Å². The second-order valence-corrected chi connectivity index (χ2v) is 13.3. The second-order valence-electron chi connectivity index (χ2n) is 13.3. The van der Waals surface area contributed by atoms with E-state index in [0.29, 0.717) is 35.5 Å². The first-order valence-electron chi connectivity index (χ1n) is 15.2. The van der Waals surface area contributed by atoms with Gasteiger partial charge in [0.25, 0.3) is 0 Å². The van der Waals surface area contributed by atoms with Crippen LogP contribution in [-0.4, -0.2) is 48.7 Å². The SMILES string of the molecule is C/C(=N\OC(=O)c1ccc(CN2CCOCC2)cc1)[C@H]1CC[C@H]2[C@@H]3CCC4=CC(=O)CC[C@]4(C)[C@H]3CC[C@]12C. The van der Waals surface area contributed by atoms with Crippen molar-refractivity contribution in [3.05, 3.63) is 47.0 Å². The number of morpholine rings is 1. The van der Waals surface area contributed by atoms with Gasteiger partial charge < -0.3 is 9.57 Å². The van der Waals surface area contributed by atoms with Crippen LogP contribution in [0.3, 0.4) is 0 Å². The Morgan fingerprint density at radius 2 is 1.79 bits per heavy atom. The Morgan fingerprint density at radius 1 is 1.03 bits per heavy atom. The van der Waals surface area contributed by atoms with E-state index in [1.807, 2.05) is 30.3 Å². The van der Waals surface area contributed by atoms with E-state index >= 15 is 0 Å². The summed E-state index contributed by atoms with van der Waals surface area (Å²) < 4.78 is 5.43. The lowest BCUT2D eigenvalue weighted by Crippen LogP contribution is -2.51. The van der Waals surface area contributed by atoms with E-state index in [-0.39, 0.29) is 16.8 Å². The minimum absolute atomic E-state index is 0.199. The van der Waals surface area contributed by atoms with Crippen LogP contribution >= 0.6 is 0 Å². The Hall–Kier alpha value is -2.31. The Kier molecular flexibility index (Phi) is 7.30. The molecule has 6 nitrogen and oxygen atoms in total. The summed E-state index contributed by atoms with van der Waals surface area (Å²) in [5.41, 5.74) is 4.52. The van der Waals surface area contributed by atoms with E-state index in [1.165, 1.54) is 36.8 Å². The average Bonchev–Trinajstić information content (AvgIpc) is 3.30. The molecule has 1 aromatic carbocycles. The number of hydrogen-bond acceptors (Lipinski definition) is 6. The van der Waals surface area contributed by atoms with Crippen LogP contribution in [0.4, 0.5) is 0 Å². The molecule has 6 heteroatoms. The molecule has 1 heterocycles. The number of allylic oxidation sites excluding steroid dienone is 1. The first-order valence-corrected chi connectivity index (χ1v) is 15.2. The molecule has 5 aliphatic rings. The van der Waals surface area contributed by atoms with Gasteiger partial charge in [-0.15, -0.1) is 0 Å². The fraction of sp³-hybridized carbons (Fsp3) is 0.667. The molecule has 4 aliphatic carbocycles. The summed E-state index contributed by atoms with van der Waals surface area (Å²) in [6.07, 6.45) is 10.8. The van der Waals surface area contributed by atoms with Crippen LogP contribution in [0.5, 0.6) is 0 Å². The number of fused-ring (bicyclic) bond motifs is 5. The van der Waals surface area contributed by atoms with Crippen LogP contribution in [-0.2, 0) is 20.9 Å². The number of rotatable bonds is 5. The molecule has 6 atom stereocenters. The molecule has 6 rings (SSSR count). The van der Waals surface area contributed by atoms with Crippen molar-refractivity contribution in [3.63, 3.8) is 0 Å². The van der Waals surface area contributed by atoms with Gasteiger partial charge in [-0.2, -0.15) is 0 Å². The number of oxime groups is 1. The lowest BCUT2D eigenvalue weighted by Gasteiger charge is -2.58. The van der Waals surface area contributed by atoms with Crippen molar-refractivity contribution in [1.82, 2.24) is 4.90 Å². The molecular formula is C33H44N2O4. The zero-order valence-corrected chi connectivity index (χ0v) is 23.9. The maximum absolute atomic E-state index is 12.8. The first-order chi connectivity index (χ1) is 18.8. The molecule has 1 aromatic rings. The van der Waals surface area contributed by atoms with Crippen LogP contribution in [0.2, 0.25) is 0 Å². The molecular weight excluding hydrogens is 488 g/mol. The third-order valence-electron chi connectivity index (χ3n) is 11.4. The van der Waals surface area contributed by atoms with Crippen molar-refractivity contribution in [2.75, 3.05) is 26.3 Å². The summed E-state index contributed by atoms with van der Waals surface area (Å²) in [5, 5.41) is 4.42. The first kappa shape index (κ1) is 26.9. The van der Waals surface area contributed by atoms with Crippen molar-refractivity contribution in [3.8, 4) is 0 Å². The van der Waals surface area contributed by atoms with Crippen LogP contribution in [0.15, 0.2) is 41.1 Å². The molecule has 0 N–H and O–H groups in total. The van der Waals surface area contributed by atoms with Crippen LogP contribution in [0.1, 0.15) is 88.1 Å². The van der Waals surface area contributed by atoms with Gasteiger partial charge in [0.15, 0.2) is 5.78 Å². The topological polar surface area (TPSA) is 68.2 Å². The summed E-state index contributed by atoms with van der Waals surface area (Å²) in [7, 11) is 0. The highest BCUT2D eigenvalue weighted by atomic mass is 16.7. The summed E-state index contributed by atoms with van der Waals surface area (Å²) in [6.45, 7) is 11.3. The summed E-state index contributed by atoms with van der Waals surface area (Å²) in [5.74, 6) is 2.37. The maximum Gasteiger partial charge on any atom is 0.365 e. The third-order valence-corrected chi connectivity index (χ3v) is 11.4. The summed E-state index contributed by atoms with van der Waals surface area (Å²) >= 11 is 0. The summed E-state index contributed by atoms with van der Waals surface area (Å²) in [6, 6.07) is 7.72. The Balaban J connectivity index is 1.09. The quantitative estimate of drug-likeness (QED) is 0.257. The highest BCUT2D eigenvalue weighted by Gasteiger charge is 2.59.